The Balaban J connectivity index is 1.45. The van der Waals surface area contributed by atoms with Gasteiger partial charge in [-0.25, -0.2) is 9.78 Å². The van der Waals surface area contributed by atoms with Crippen molar-refractivity contribution in [1.82, 2.24) is 14.9 Å². The van der Waals surface area contributed by atoms with Crippen molar-refractivity contribution in [2.75, 3.05) is 42.1 Å². The Labute approximate surface area is 222 Å². The van der Waals surface area contributed by atoms with Crippen LogP contribution in [0.5, 0.6) is 11.6 Å². The second-order valence-corrected chi connectivity index (χ2v) is 9.98. The van der Waals surface area contributed by atoms with Crippen molar-refractivity contribution < 1.29 is 19.1 Å². The first-order valence-corrected chi connectivity index (χ1v) is 12.6. The van der Waals surface area contributed by atoms with E-state index < -0.39 is 5.60 Å². The molecule has 0 bridgehead atoms. The second kappa shape index (κ2) is 11.4. The summed E-state index contributed by atoms with van der Waals surface area (Å²) in [5, 5.41) is 3.19. The number of rotatable bonds is 7. The van der Waals surface area contributed by atoms with Crippen molar-refractivity contribution in [3.8, 4) is 11.6 Å². The molecule has 1 aliphatic rings. The van der Waals surface area contributed by atoms with Crippen LogP contribution >= 0.6 is 0 Å². The van der Waals surface area contributed by atoms with E-state index in [1.54, 1.807) is 29.2 Å². The number of nitrogen functional groups attached to an aromatic ring is 1. The quantitative estimate of drug-likeness (QED) is 0.327. The molecule has 38 heavy (non-hydrogen) atoms. The molecule has 10 heteroatoms. The highest BCUT2D eigenvalue weighted by Crippen LogP contribution is 2.29. The predicted molar refractivity (Wildman–Crippen MR) is 147 cm³/mol. The molecular weight excluding hydrogens is 484 g/mol. The van der Waals surface area contributed by atoms with Crippen molar-refractivity contribution in [1.29, 1.82) is 0 Å². The maximum Gasteiger partial charge on any atom is 0.410 e. The van der Waals surface area contributed by atoms with Gasteiger partial charge >= 0.3 is 6.09 Å². The van der Waals surface area contributed by atoms with Crippen LogP contribution in [0.25, 0.3) is 0 Å². The maximum absolute atomic E-state index is 12.3. The Bertz CT molecular complexity index is 1280. The number of anilines is 4. The number of nitrogens with one attached hydrogen (secondary N) is 1. The summed E-state index contributed by atoms with van der Waals surface area (Å²) in [5.41, 5.74) is 8.48. The number of hydrogen-bond acceptors (Lipinski definition) is 9. The minimum Gasteiger partial charge on any atom is -0.444 e. The lowest BCUT2D eigenvalue weighted by atomic mass is 10.2. The van der Waals surface area contributed by atoms with Gasteiger partial charge in [0.2, 0.25) is 5.88 Å². The van der Waals surface area contributed by atoms with E-state index in [2.05, 4.69) is 20.2 Å². The molecule has 1 aliphatic heterocycles. The smallest absolute Gasteiger partial charge is 0.410 e. The van der Waals surface area contributed by atoms with Gasteiger partial charge < -0.3 is 30.3 Å². The number of aldehydes is 1. The number of benzene rings is 2. The van der Waals surface area contributed by atoms with Crippen LogP contribution in [0.2, 0.25) is 0 Å². The normalized spacial score (nSPS) is 13.7. The van der Waals surface area contributed by atoms with Gasteiger partial charge in [-0.2, -0.15) is 4.98 Å². The van der Waals surface area contributed by atoms with Crippen molar-refractivity contribution in [2.24, 2.45) is 0 Å². The van der Waals surface area contributed by atoms with Crippen LogP contribution in [0.15, 0.2) is 48.5 Å². The minimum atomic E-state index is -0.509. The molecule has 3 N–H and O–H groups in total. The number of aryl methyl sites for hydroxylation is 1. The molecule has 10 nitrogen and oxygen atoms in total. The van der Waals surface area contributed by atoms with Crippen molar-refractivity contribution >= 4 is 35.3 Å². The molecule has 4 rings (SSSR count). The molecule has 200 valence electrons. The lowest BCUT2D eigenvalue weighted by molar-refractivity contribution is 0.0240. The number of nitrogens with two attached hydrogens (primary N) is 1. The molecule has 0 spiro atoms. The number of aromatic nitrogens is 2. The van der Waals surface area contributed by atoms with Gasteiger partial charge in [-0.3, -0.25) is 4.79 Å². The number of ether oxygens (including phenoxy) is 2. The number of amides is 1. The first kappa shape index (κ1) is 26.7. The zero-order valence-electron chi connectivity index (χ0n) is 22.2. The van der Waals surface area contributed by atoms with E-state index in [1.807, 2.05) is 52.0 Å². The van der Waals surface area contributed by atoms with Gasteiger partial charge in [0.1, 0.15) is 22.7 Å². The molecule has 1 fully saturated rings. The Morgan fingerprint density at radius 3 is 2.39 bits per heavy atom. The molecule has 2 heterocycles. The monoisotopic (exact) mass is 518 g/mol. The van der Waals surface area contributed by atoms with Crippen LogP contribution in [-0.4, -0.2) is 59.0 Å². The summed E-state index contributed by atoms with van der Waals surface area (Å²) in [6, 6.07) is 14.9. The molecule has 3 aromatic rings. The largest absolute Gasteiger partial charge is 0.444 e. The van der Waals surface area contributed by atoms with E-state index in [-0.39, 0.29) is 11.8 Å². The lowest BCUT2D eigenvalue weighted by Crippen LogP contribution is -2.50. The Morgan fingerprint density at radius 2 is 1.79 bits per heavy atom. The van der Waals surface area contributed by atoms with Gasteiger partial charge in [0, 0.05) is 49.3 Å². The summed E-state index contributed by atoms with van der Waals surface area (Å²) >= 11 is 0. The first-order valence-electron chi connectivity index (χ1n) is 12.6. The van der Waals surface area contributed by atoms with Gasteiger partial charge in [-0.15, -0.1) is 0 Å². The molecular formula is C28H34N6O4. The standard InChI is InChI=1S/C28H34N6O4/c1-5-23-26(37-22-8-6-7-19(29)17-22)32-25(24(18-35)31-23)30-20-9-11-21(12-10-20)33-13-15-34(16-14-33)27(36)38-28(2,3)4/h6-12,17-18H,5,13-16,29H2,1-4H3,(H,30,32). The maximum atomic E-state index is 12.3. The highest BCUT2D eigenvalue weighted by atomic mass is 16.6. The molecule has 0 unspecified atom stereocenters. The van der Waals surface area contributed by atoms with E-state index in [0.717, 1.165) is 11.4 Å². The summed E-state index contributed by atoms with van der Waals surface area (Å²) in [6.07, 6.45) is 0.941. The number of carbonyl (C=O) groups excluding carboxylic acids is 2. The average molecular weight is 519 g/mol. The van der Waals surface area contributed by atoms with Crippen LogP contribution in [0, 0.1) is 0 Å². The van der Waals surface area contributed by atoms with E-state index in [0.29, 0.717) is 67.7 Å². The third-order valence-corrected chi connectivity index (χ3v) is 5.90. The molecule has 1 saturated heterocycles. The molecule has 0 atom stereocenters. The second-order valence-electron chi connectivity index (χ2n) is 9.98. The number of nitrogens with zero attached hydrogens (tertiary/aromatic N) is 4. The summed E-state index contributed by atoms with van der Waals surface area (Å²) in [4.78, 5) is 37.1. The van der Waals surface area contributed by atoms with Crippen LogP contribution in [-0.2, 0) is 11.2 Å². The Hall–Kier alpha value is -4.34. The van der Waals surface area contributed by atoms with Crippen LogP contribution in [0.3, 0.4) is 0 Å². The Kier molecular flexibility index (Phi) is 7.99. The zero-order valence-corrected chi connectivity index (χ0v) is 22.2. The van der Waals surface area contributed by atoms with E-state index in [9.17, 15) is 9.59 Å². The zero-order chi connectivity index (χ0) is 27.3. The summed E-state index contributed by atoms with van der Waals surface area (Å²) in [6.45, 7) is 10.1. The van der Waals surface area contributed by atoms with E-state index in [4.69, 9.17) is 15.2 Å². The predicted octanol–water partition coefficient (Wildman–Crippen LogP) is 5.03. The fraction of sp³-hybridized carbons (Fsp3) is 0.357. The summed E-state index contributed by atoms with van der Waals surface area (Å²) in [7, 11) is 0. The highest BCUT2D eigenvalue weighted by molar-refractivity contribution is 5.82. The molecule has 1 amide bonds. The third-order valence-electron chi connectivity index (χ3n) is 5.90. The number of piperazine rings is 1. The average Bonchev–Trinajstić information content (AvgIpc) is 2.88. The fourth-order valence-corrected chi connectivity index (χ4v) is 4.01. The molecule has 0 saturated carbocycles. The van der Waals surface area contributed by atoms with Crippen molar-refractivity contribution in [3.63, 3.8) is 0 Å². The lowest BCUT2D eigenvalue weighted by Gasteiger charge is -2.36. The molecule has 0 aliphatic carbocycles. The molecule has 0 radical (unpaired) electrons. The van der Waals surface area contributed by atoms with Gasteiger partial charge in [0.25, 0.3) is 0 Å². The number of hydrogen-bond donors (Lipinski definition) is 2. The van der Waals surface area contributed by atoms with Gasteiger partial charge in [-0.05, 0) is 63.6 Å². The van der Waals surface area contributed by atoms with Crippen LogP contribution in [0.4, 0.5) is 27.7 Å². The Morgan fingerprint density at radius 1 is 1.08 bits per heavy atom. The molecule has 2 aromatic carbocycles. The SMILES string of the molecule is CCc1nc(C=O)c(Nc2ccc(N3CCN(C(=O)OC(C)(C)C)CC3)cc2)nc1Oc1cccc(N)c1. The van der Waals surface area contributed by atoms with Gasteiger partial charge in [-0.1, -0.05) is 13.0 Å². The van der Waals surface area contributed by atoms with Crippen LogP contribution < -0.4 is 20.7 Å². The van der Waals surface area contributed by atoms with E-state index in [1.165, 1.54) is 0 Å². The first-order chi connectivity index (χ1) is 18.1. The van der Waals surface area contributed by atoms with Gasteiger partial charge in [0.05, 0.1) is 0 Å². The fourth-order valence-electron chi connectivity index (χ4n) is 4.01. The van der Waals surface area contributed by atoms with E-state index >= 15 is 0 Å². The minimum absolute atomic E-state index is 0.198. The summed E-state index contributed by atoms with van der Waals surface area (Å²) in [5.74, 6) is 1.15. The highest BCUT2D eigenvalue weighted by Gasteiger charge is 2.26. The number of carbonyl (C=O) groups is 2. The summed E-state index contributed by atoms with van der Waals surface area (Å²) < 4.78 is 11.4. The third kappa shape index (κ3) is 6.70. The van der Waals surface area contributed by atoms with Crippen LogP contribution in [0.1, 0.15) is 43.9 Å². The van der Waals surface area contributed by atoms with Gasteiger partial charge in [0.15, 0.2) is 12.1 Å². The molecule has 1 aromatic heterocycles. The van der Waals surface area contributed by atoms with Crippen molar-refractivity contribution in [3.05, 3.63) is 59.9 Å². The van der Waals surface area contributed by atoms with Crippen molar-refractivity contribution in [2.45, 2.75) is 39.7 Å². The topological polar surface area (TPSA) is 123 Å².